The first-order chi connectivity index (χ1) is 10.2. The van der Waals surface area contributed by atoms with Crippen LogP contribution in [0.15, 0.2) is 48.5 Å². The maximum atomic E-state index is 14.0. The Kier molecular flexibility index (Phi) is 5.34. The van der Waals surface area contributed by atoms with Gasteiger partial charge in [-0.15, -0.1) is 0 Å². The van der Waals surface area contributed by atoms with Gasteiger partial charge in [0.25, 0.3) is 0 Å². The van der Waals surface area contributed by atoms with E-state index in [1.54, 1.807) is 6.07 Å². The first-order valence-electron chi connectivity index (χ1n) is 7.39. The number of nitrogens with one attached hydrogen (secondary N) is 1. The molecule has 0 aliphatic rings. The first kappa shape index (κ1) is 15.5. The Hall–Kier alpha value is -1.87. The van der Waals surface area contributed by atoms with Crippen molar-refractivity contribution < 1.29 is 4.39 Å². The van der Waals surface area contributed by atoms with Crippen LogP contribution in [0.25, 0.3) is 0 Å². The van der Waals surface area contributed by atoms with E-state index in [-0.39, 0.29) is 11.9 Å². The Bertz CT molecular complexity index is 566. The molecule has 1 atom stereocenters. The van der Waals surface area contributed by atoms with Crippen molar-refractivity contribution in [1.82, 2.24) is 5.32 Å². The summed E-state index contributed by atoms with van der Waals surface area (Å²) in [4.78, 5) is 2.26. The molecule has 0 aliphatic heterocycles. The molecule has 0 aliphatic carbocycles. The van der Waals surface area contributed by atoms with E-state index in [2.05, 4.69) is 48.3 Å². The minimum atomic E-state index is -0.156. The Labute approximate surface area is 126 Å². The van der Waals surface area contributed by atoms with Crippen LogP contribution in [0.2, 0.25) is 0 Å². The molecule has 3 heteroatoms. The van der Waals surface area contributed by atoms with Crippen LogP contribution in [0.3, 0.4) is 0 Å². The molecule has 1 unspecified atom stereocenters. The molecule has 0 saturated carbocycles. The van der Waals surface area contributed by atoms with Gasteiger partial charge in [0.05, 0.1) is 6.04 Å². The highest BCUT2D eigenvalue weighted by Crippen LogP contribution is 2.21. The Morgan fingerprint density at radius 2 is 1.76 bits per heavy atom. The van der Waals surface area contributed by atoms with E-state index in [0.29, 0.717) is 5.56 Å². The van der Waals surface area contributed by atoms with Gasteiger partial charge in [-0.05, 0) is 39.1 Å². The van der Waals surface area contributed by atoms with Crippen LogP contribution in [-0.2, 0) is 0 Å². The fourth-order valence-corrected chi connectivity index (χ4v) is 2.50. The zero-order valence-corrected chi connectivity index (χ0v) is 12.9. The molecule has 2 aromatic rings. The summed E-state index contributed by atoms with van der Waals surface area (Å²) in [5, 5.41) is 3.22. The first-order valence-corrected chi connectivity index (χ1v) is 7.39. The lowest BCUT2D eigenvalue weighted by Gasteiger charge is -2.29. The van der Waals surface area contributed by atoms with E-state index < -0.39 is 0 Å². The van der Waals surface area contributed by atoms with E-state index in [4.69, 9.17) is 0 Å². The van der Waals surface area contributed by atoms with E-state index in [1.807, 2.05) is 19.2 Å². The summed E-state index contributed by atoms with van der Waals surface area (Å²) < 4.78 is 14.0. The van der Waals surface area contributed by atoms with Crippen molar-refractivity contribution >= 4 is 5.69 Å². The lowest BCUT2D eigenvalue weighted by molar-refractivity contribution is 0.528. The highest BCUT2D eigenvalue weighted by atomic mass is 19.1. The smallest absolute Gasteiger partial charge is 0.128 e. The molecule has 21 heavy (non-hydrogen) atoms. The molecule has 0 bridgehead atoms. The second kappa shape index (κ2) is 7.23. The van der Waals surface area contributed by atoms with E-state index >= 15 is 0 Å². The molecule has 2 aromatic carbocycles. The summed E-state index contributed by atoms with van der Waals surface area (Å²) in [5.74, 6) is -0.156. The second-order valence-corrected chi connectivity index (χ2v) is 5.24. The van der Waals surface area contributed by atoms with Crippen molar-refractivity contribution in [1.29, 1.82) is 0 Å². The third-order valence-electron chi connectivity index (χ3n) is 3.81. The number of hydrogen-bond donors (Lipinski definition) is 1. The molecule has 0 radical (unpaired) electrons. The summed E-state index contributed by atoms with van der Waals surface area (Å²) in [7, 11) is 1.88. The molecule has 0 fully saturated rings. The third-order valence-corrected chi connectivity index (χ3v) is 3.81. The van der Waals surface area contributed by atoms with Crippen LogP contribution in [-0.4, -0.2) is 20.1 Å². The number of benzene rings is 2. The fourth-order valence-electron chi connectivity index (χ4n) is 2.50. The lowest BCUT2D eigenvalue weighted by atomic mass is 10.1. The van der Waals surface area contributed by atoms with Crippen molar-refractivity contribution in [3.8, 4) is 0 Å². The SMILES string of the molecule is CCN(CC(NC)c1ccccc1F)c1ccc(C)cc1. The number of anilines is 1. The minimum absolute atomic E-state index is 0.0348. The molecule has 0 aromatic heterocycles. The van der Waals surface area contributed by atoms with Gasteiger partial charge < -0.3 is 10.2 Å². The molecule has 1 N–H and O–H groups in total. The van der Waals surface area contributed by atoms with Crippen LogP contribution in [0.1, 0.15) is 24.1 Å². The van der Waals surface area contributed by atoms with Gasteiger partial charge in [0.2, 0.25) is 0 Å². The average molecular weight is 286 g/mol. The van der Waals surface area contributed by atoms with Crippen molar-refractivity contribution in [2.24, 2.45) is 0 Å². The van der Waals surface area contributed by atoms with Gasteiger partial charge in [0, 0.05) is 24.3 Å². The molecular formula is C18H23FN2. The average Bonchev–Trinajstić information content (AvgIpc) is 2.51. The maximum Gasteiger partial charge on any atom is 0.128 e. The molecule has 2 nitrogen and oxygen atoms in total. The molecule has 2 rings (SSSR count). The van der Waals surface area contributed by atoms with E-state index in [9.17, 15) is 4.39 Å². The van der Waals surface area contributed by atoms with Gasteiger partial charge in [-0.2, -0.15) is 0 Å². The lowest BCUT2D eigenvalue weighted by Crippen LogP contribution is -2.34. The topological polar surface area (TPSA) is 15.3 Å². The predicted octanol–water partition coefficient (Wildman–Crippen LogP) is 3.92. The van der Waals surface area contributed by atoms with Crippen LogP contribution >= 0.6 is 0 Å². The fraction of sp³-hybridized carbons (Fsp3) is 0.333. The summed E-state index contributed by atoms with van der Waals surface area (Å²) in [6.45, 7) is 5.82. The minimum Gasteiger partial charge on any atom is -0.370 e. The number of likely N-dealkylation sites (N-methyl/N-ethyl adjacent to an activating group) is 2. The zero-order valence-electron chi connectivity index (χ0n) is 12.9. The van der Waals surface area contributed by atoms with E-state index in [1.165, 1.54) is 17.3 Å². The molecular weight excluding hydrogens is 263 g/mol. The summed E-state index contributed by atoms with van der Waals surface area (Å²) in [6, 6.07) is 15.4. The van der Waals surface area contributed by atoms with Crippen LogP contribution in [0.4, 0.5) is 10.1 Å². The van der Waals surface area contributed by atoms with Gasteiger partial charge >= 0.3 is 0 Å². The third kappa shape index (κ3) is 3.82. The van der Waals surface area contributed by atoms with Crippen LogP contribution < -0.4 is 10.2 Å². The normalized spacial score (nSPS) is 12.2. The van der Waals surface area contributed by atoms with Gasteiger partial charge in [0.15, 0.2) is 0 Å². The molecule has 0 amide bonds. The highest BCUT2D eigenvalue weighted by Gasteiger charge is 2.17. The van der Waals surface area contributed by atoms with Crippen molar-refractivity contribution in [3.63, 3.8) is 0 Å². The monoisotopic (exact) mass is 286 g/mol. The van der Waals surface area contributed by atoms with Gasteiger partial charge in [-0.25, -0.2) is 4.39 Å². The van der Waals surface area contributed by atoms with Gasteiger partial charge in [-0.1, -0.05) is 35.9 Å². The summed E-state index contributed by atoms with van der Waals surface area (Å²) in [6.07, 6.45) is 0. The summed E-state index contributed by atoms with van der Waals surface area (Å²) >= 11 is 0. The number of halogens is 1. The number of hydrogen-bond acceptors (Lipinski definition) is 2. The number of aryl methyl sites for hydroxylation is 1. The number of rotatable bonds is 6. The highest BCUT2D eigenvalue weighted by molar-refractivity contribution is 5.48. The Morgan fingerprint density at radius 1 is 1.10 bits per heavy atom. The second-order valence-electron chi connectivity index (χ2n) is 5.24. The molecule has 0 heterocycles. The predicted molar refractivity (Wildman–Crippen MR) is 87.3 cm³/mol. The van der Waals surface area contributed by atoms with Gasteiger partial charge in [-0.3, -0.25) is 0 Å². The maximum absolute atomic E-state index is 14.0. The van der Waals surface area contributed by atoms with Gasteiger partial charge in [0.1, 0.15) is 5.82 Å². The van der Waals surface area contributed by atoms with Crippen molar-refractivity contribution in [2.75, 3.05) is 25.0 Å². The quantitative estimate of drug-likeness (QED) is 0.866. The molecule has 0 spiro atoms. The van der Waals surface area contributed by atoms with E-state index in [0.717, 1.165) is 13.1 Å². The summed E-state index contributed by atoms with van der Waals surface area (Å²) in [5.41, 5.74) is 3.12. The largest absolute Gasteiger partial charge is 0.370 e. The number of nitrogens with zero attached hydrogens (tertiary/aromatic N) is 1. The van der Waals surface area contributed by atoms with Crippen molar-refractivity contribution in [3.05, 3.63) is 65.5 Å². The standard InChI is InChI=1S/C18H23FN2/c1-4-21(15-11-9-14(2)10-12-15)13-18(20-3)16-7-5-6-8-17(16)19/h5-12,18,20H,4,13H2,1-3H3. The Morgan fingerprint density at radius 3 is 2.33 bits per heavy atom. The van der Waals surface area contributed by atoms with Crippen LogP contribution in [0, 0.1) is 12.7 Å². The zero-order chi connectivity index (χ0) is 15.2. The molecule has 112 valence electrons. The Balaban J connectivity index is 2.19. The van der Waals surface area contributed by atoms with Crippen molar-refractivity contribution in [2.45, 2.75) is 19.9 Å². The molecule has 0 saturated heterocycles. The van der Waals surface area contributed by atoms with Crippen LogP contribution in [0.5, 0.6) is 0 Å².